The molecule has 1 heterocycles. The van der Waals surface area contributed by atoms with Gasteiger partial charge in [0.1, 0.15) is 5.00 Å². The Morgan fingerprint density at radius 3 is 2.75 bits per heavy atom. The molecule has 0 radical (unpaired) electrons. The summed E-state index contributed by atoms with van der Waals surface area (Å²) < 4.78 is 0. The van der Waals surface area contributed by atoms with Gasteiger partial charge < -0.3 is 11.1 Å². The number of thiophene rings is 1. The van der Waals surface area contributed by atoms with Gasteiger partial charge in [0.05, 0.1) is 10.8 Å². The first-order valence-corrected chi connectivity index (χ1v) is 8.74. The zero-order valence-electron chi connectivity index (χ0n) is 11.6. The number of hydrogen-bond acceptors (Lipinski definition) is 4. The van der Waals surface area contributed by atoms with E-state index in [1.54, 1.807) is 23.2 Å². The Bertz CT molecular complexity index is 481. The molecule has 0 aliphatic heterocycles. The van der Waals surface area contributed by atoms with Crippen LogP contribution in [0.1, 0.15) is 49.4 Å². The summed E-state index contributed by atoms with van der Waals surface area (Å²) in [5, 5.41) is 5.61. The van der Waals surface area contributed by atoms with Gasteiger partial charge in [-0.05, 0) is 31.2 Å². The molecule has 0 spiro atoms. The van der Waals surface area contributed by atoms with Crippen LogP contribution in [0, 0.1) is 0 Å². The van der Waals surface area contributed by atoms with Gasteiger partial charge in [-0.25, -0.2) is 0 Å². The number of primary amides is 1. The van der Waals surface area contributed by atoms with Gasteiger partial charge in [-0.2, -0.15) is 0 Å². The van der Waals surface area contributed by atoms with Crippen LogP contribution in [0.15, 0.2) is 11.4 Å². The number of amides is 2. The summed E-state index contributed by atoms with van der Waals surface area (Å²) in [5.74, 6) is -0.556. The van der Waals surface area contributed by atoms with Gasteiger partial charge in [0.2, 0.25) is 5.91 Å². The standard InChI is InChI=1S/C14H20N2O2S2/c1-9(20-10-5-3-2-4-6-10)13(18)16-14-11(12(15)17)7-8-19-14/h7-10H,2-6H2,1H3,(H2,15,17)(H,16,18). The van der Waals surface area contributed by atoms with Crippen LogP contribution in [0.2, 0.25) is 0 Å². The van der Waals surface area contributed by atoms with E-state index in [0.717, 1.165) is 0 Å². The first-order valence-electron chi connectivity index (χ1n) is 6.91. The molecule has 4 nitrogen and oxygen atoms in total. The van der Waals surface area contributed by atoms with Crippen molar-refractivity contribution in [1.29, 1.82) is 0 Å². The second-order valence-corrected chi connectivity index (χ2v) is 7.62. The van der Waals surface area contributed by atoms with E-state index < -0.39 is 5.91 Å². The predicted molar refractivity (Wildman–Crippen MR) is 85.4 cm³/mol. The molecule has 2 amide bonds. The van der Waals surface area contributed by atoms with Crippen molar-refractivity contribution in [2.75, 3.05) is 5.32 Å². The topological polar surface area (TPSA) is 72.2 Å². The number of nitrogens with one attached hydrogen (secondary N) is 1. The van der Waals surface area contributed by atoms with Gasteiger partial charge in [-0.15, -0.1) is 23.1 Å². The van der Waals surface area contributed by atoms with Gasteiger partial charge in [-0.3, -0.25) is 9.59 Å². The van der Waals surface area contributed by atoms with Gasteiger partial charge in [0.25, 0.3) is 5.91 Å². The maximum absolute atomic E-state index is 12.2. The summed E-state index contributed by atoms with van der Waals surface area (Å²) in [5.41, 5.74) is 5.66. The molecule has 1 saturated carbocycles. The predicted octanol–water partition coefficient (Wildman–Crippen LogP) is 3.24. The summed E-state index contributed by atoms with van der Waals surface area (Å²) in [6, 6.07) is 1.64. The molecule has 1 aliphatic rings. The molecule has 0 aromatic carbocycles. The van der Waals surface area contributed by atoms with Crippen molar-refractivity contribution in [3.63, 3.8) is 0 Å². The van der Waals surface area contributed by atoms with E-state index in [2.05, 4.69) is 5.32 Å². The third-order valence-electron chi connectivity index (χ3n) is 3.49. The summed E-state index contributed by atoms with van der Waals surface area (Å²) in [6.07, 6.45) is 6.25. The molecular formula is C14H20N2O2S2. The van der Waals surface area contributed by atoms with E-state index in [-0.39, 0.29) is 11.2 Å². The van der Waals surface area contributed by atoms with Crippen molar-refractivity contribution < 1.29 is 9.59 Å². The quantitative estimate of drug-likeness (QED) is 0.876. The van der Waals surface area contributed by atoms with Crippen LogP contribution in [0.5, 0.6) is 0 Å². The molecule has 0 saturated heterocycles. The molecule has 1 unspecified atom stereocenters. The molecule has 1 aromatic heterocycles. The lowest BCUT2D eigenvalue weighted by Gasteiger charge is -2.23. The molecular weight excluding hydrogens is 292 g/mol. The lowest BCUT2D eigenvalue weighted by Crippen LogP contribution is -2.26. The molecule has 1 aromatic rings. The van der Waals surface area contributed by atoms with Crippen LogP contribution in [-0.4, -0.2) is 22.3 Å². The van der Waals surface area contributed by atoms with Crippen LogP contribution in [0.4, 0.5) is 5.00 Å². The smallest absolute Gasteiger partial charge is 0.251 e. The molecule has 1 fully saturated rings. The van der Waals surface area contributed by atoms with Crippen molar-refractivity contribution in [3.8, 4) is 0 Å². The fourth-order valence-corrected chi connectivity index (χ4v) is 4.53. The zero-order valence-corrected chi connectivity index (χ0v) is 13.2. The van der Waals surface area contributed by atoms with Crippen LogP contribution >= 0.6 is 23.1 Å². The average molecular weight is 312 g/mol. The molecule has 110 valence electrons. The number of thioether (sulfide) groups is 1. The van der Waals surface area contributed by atoms with Crippen molar-refractivity contribution >= 4 is 39.9 Å². The van der Waals surface area contributed by atoms with E-state index in [9.17, 15) is 9.59 Å². The molecule has 0 bridgehead atoms. The third kappa shape index (κ3) is 3.99. The zero-order chi connectivity index (χ0) is 14.5. The summed E-state index contributed by atoms with van der Waals surface area (Å²) in [7, 11) is 0. The first kappa shape index (κ1) is 15.4. The Labute approximate surface area is 127 Å². The largest absolute Gasteiger partial charge is 0.366 e. The molecule has 2 rings (SSSR count). The first-order chi connectivity index (χ1) is 9.58. The maximum atomic E-state index is 12.2. The van der Waals surface area contributed by atoms with E-state index in [1.165, 1.54) is 43.4 Å². The molecule has 3 N–H and O–H groups in total. The fourth-order valence-electron chi connectivity index (χ4n) is 2.37. The van der Waals surface area contributed by atoms with E-state index in [1.807, 2.05) is 6.92 Å². The summed E-state index contributed by atoms with van der Waals surface area (Å²) >= 11 is 3.07. The van der Waals surface area contributed by atoms with Crippen LogP contribution < -0.4 is 11.1 Å². The minimum Gasteiger partial charge on any atom is -0.366 e. The maximum Gasteiger partial charge on any atom is 0.251 e. The highest BCUT2D eigenvalue weighted by Gasteiger charge is 2.22. The van der Waals surface area contributed by atoms with Crippen LogP contribution in [0.3, 0.4) is 0 Å². The number of anilines is 1. The average Bonchev–Trinajstić information content (AvgIpc) is 2.88. The normalized spacial score (nSPS) is 17.6. The van der Waals surface area contributed by atoms with Gasteiger partial charge in [0.15, 0.2) is 0 Å². The Kier molecular flexibility index (Phi) is 5.48. The Morgan fingerprint density at radius 2 is 2.10 bits per heavy atom. The highest BCUT2D eigenvalue weighted by molar-refractivity contribution is 8.01. The fraction of sp³-hybridized carbons (Fsp3) is 0.571. The molecule has 1 aliphatic carbocycles. The third-order valence-corrected chi connectivity index (χ3v) is 5.79. The highest BCUT2D eigenvalue weighted by Crippen LogP contribution is 2.32. The second kappa shape index (κ2) is 7.13. The Balaban J connectivity index is 1.90. The summed E-state index contributed by atoms with van der Waals surface area (Å²) in [4.78, 5) is 23.4. The van der Waals surface area contributed by atoms with Crippen molar-refractivity contribution in [3.05, 3.63) is 17.0 Å². The number of nitrogens with two attached hydrogens (primary N) is 1. The van der Waals surface area contributed by atoms with Gasteiger partial charge in [-0.1, -0.05) is 19.3 Å². The number of rotatable bonds is 5. The number of hydrogen-bond donors (Lipinski definition) is 2. The minimum absolute atomic E-state index is 0.0504. The lowest BCUT2D eigenvalue weighted by molar-refractivity contribution is -0.115. The van der Waals surface area contributed by atoms with Crippen molar-refractivity contribution in [2.24, 2.45) is 5.73 Å². The Morgan fingerprint density at radius 1 is 1.40 bits per heavy atom. The van der Waals surface area contributed by atoms with E-state index in [0.29, 0.717) is 15.8 Å². The van der Waals surface area contributed by atoms with E-state index in [4.69, 9.17) is 5.73 Å². The monoisotopic (exact) mass is 312 g/mol. The van der Waals surface area contributed by atoms with Crippen molar-refractivity contribution in [2.45, 2.75) is 49.5 Å². The minimum atomic E-state index is -0.505. The molecule has 20 heavy (non-hydrogen) atoms. The summed E-state index contributed by atoms with van der Waals surface area (Å²) in [6.45, 7) is 1.92. The molecule has 1 atom stereocenters. The second-order valence-electron chi connectivity index (χ2n) is 5.06. The SMILES string of the molecule is CC(SC1CCCCC1)C(=O)Nc1sccc1C(N)=O. The van der Waals surface area contributed by atoms with Gasteiger partial charge in [0, 0.05) is 5.25 Å². The van der Waals surface area contributed by atoms with Crippen LogP contribution in [0.25, 0.3) is 0 Å². The lowest BCUT2D eigenvalue weighted by atomic mass is 10.0. The van der Waals surface area contributed by atoms with Crippen LogP contribution in [-0.2, 0) is 4.79 Å². The number of carbonyl (C=O) groups is 2. The highest BCUT2D eigenvalue weighted by atomic mass is 32.2. The van der Waals surface area contributed by atoms with Gasteiger partial charge >= 0.3 is 0 Å². The number of carbonyl (C=O) groups excluding carboxylic acids is 2. The van der Waals surface area contributed by atoms with Crippen molar-refractivity contribution in [1.82, 2.24) is 0 Å². The Hall–Kier alpha value is -1.01. The molecule has 6 heteroatoms. The van der Waals surface area contributed by atoms with E-state index >= 15 is 0 Å².